The number of aliphatic hydroxyl groups excluding tert-OH is 1. The third kappa shape index (κ3) is 13.8. The van der Waals surface area contributed by atoms with Gasteiger partial charge in [-0.2, -0.15) is 0 Å². The molecule has 0 bridgehead atoms. The number of aliphatic carboxylic acids is 1. The number of aromatic carboxylic acids is 1. The fourth-order valence-electron chi connectivity index (χ4n) is 3.75. The van der Waals surface area contributed by atoms with Gasteiger partial charge < -0.3 is 20.6 Å². The van der Waals surface area contributed by atoms with E-state index in [-0.39, 0.29) is 37.0 Å². The smallest absolute Gasteiger partial charge is 0.335 e. The molecule has 0 aliphatic rings. The molecule has 0 aliphatic carbocycles. The van der Waals surface area contributed by atoms with E-state index in [2.05, 4.69) is 5.32 Å². The minimum Gasteiger partial charge on any atom is -0.481 e. The molecule has 0 heterocycles. The van der Waals surface area contributed by atoms with Crippen molar-refractivity contribution in [2.45, 2.75) is 95.9 Å². The third-order valence-corrected chi connectivity index (χ3v) is 5.58. The molecule has 0 saturated carbocycles. The summed E-state index contributed by atoms with van der Waals surface area (Å²) in [5.74, 6) is -1.79. The van der Waals surface area contributed by atoms with E-state index in [4.69, 9.17) is 15.3 Å². The van der Waals surface area contributed by atoms with Gasteiger partial charge in [0.05, 0.1) is 12.0 Å². The fraction of sp³-hybridized carbons (Fsp3) is 0.640. The van der Waals surface area contributed by atoms with Crippen molar-refractivity contribution in [1.82, 2.24) is 5.32 Å². The Hall–Kier alpha value is -2.41. The number of carbonyl (C=O) groups excluding carboxylic acids is 1. The van der Waals surface area contributed by atoms with Gasteiger partial charge in [0.2, 0.25) is 5.91 Å². The molecule has 0 fully saturated rings. The van der Waals surface area contributed by atoms with Crippen LogP contribution >= 0.6 is 0 Å². The van der Waals surface area contributed by atoms with Crippen LogP contribution in [-0.2, 0) is 16.0 Å². The van der Waals surface area contributed by atoms with E-state index in [9.17, 15) is 14.4 Å². The highest BCUT2D eigenvalue weighted by Crippen LogP contribution is 2.15. The Morgan fingerprint density at radius 2 is 1.28 bits per heavy atom. The lowest BCUT2D eigenvalue weighted by molar-refractivity contribution is -0.137. The van der Waals surface area contributed by atoms with Gasteiger partial charge in [-0.05, 0) is 43.4 Å². The van der Waals surface area contributed by atoms with Crippen molar-refractivity contribution in [3.63, 3.8) is 0 Å². The minimum atomic E-state index is -0.983. The van der Waals surface area contributed by atoms with Crippen molar-refractivity contribution >= 4 is 17.8 Å². The predicted molar refractivity (Wildman–Crippen MR) is 124 cm³/mol. The van der Waals surface area contributed by atoms with Crippen LogP contribution < -0.4 is 5.32 Å². The third-order valence-electron chi connectivity index (χ3n) is 5.58. The Morgan fingerprint density at radius 3 is 1.81 bits per heavy atom. The second-order valence-corrected chi connectivity index (χ2v) is 8.42. The molecular weight excluding hydrogens is 410 g/mol. The summed E-state index contributed by atoms with van der Waals surface area (Å²) < 4.78 is 0. The molecule has 7 heteroatoms. The first kappa shape index (κ1) is 27.6. The quantitative estimate of drug-likeness (QED) is 0.230. The number of rotatable bonds is 19. The lowest BCUT2D eigenvalue weighted by Gasteiger charge is -2.19. The monoisotopic (exact) mass is 449 g/mol. The molecule has 1 rings (SSSR count). The van der Waals surface area contributed by atoms with Crippen LogP contribution in [0.25, 0.3) is 0 Å². The summed E-state index contributed by atoms with van der Waals surface area (Å²) in [5, 5.41) is 29.7. The standard InChI is InChI=1S/C25H39NO6/c27-18-10-6-2-4-8-12-22(11-7-3-1-5-9-13-24(29)30)26-23(28)19-20-14-16-21(17-15-20)25(31)32/h14-17,22,27H,1-13,18-19H2,(H,26,28)(H,29,30)(H,31,32). The van der Waals surface area contributed by atoms with Crippen LogP contribution in [0.3, 0.4) is 0 Å². The minimum absolute atomic E-state index is 0.0557. The van der Waals surface area contributed by atoms with Crippen LogP contribution in [0.2, 0.25) is 0 Å². The summed E-state index contributed by atoms with van der Waals surface area (Å²) in [6.07, 6.45) is 12.0. The molecule has 0 spiro atoms. The van der Waals surface area contributed by atoms with Crippen molar-refractivity contribution in [2.75, 3.05) is 6.61 Å². The second-order valence-electron chi connectivity index (χ2n) is 8.42. The van der Waals surface area contributed by atoms with Gasteiger partial charge in [-0.1, -0.05) is 63.5 Å². The largest absolute Gasteiger partial charge is 0.481 e. The molecule has 0 aromatic heterocycles. The van der Waals surface area contributed by atoms with E-state index < -0.39 is 11.9 Å². The van der Waals surface area contributed by atoms with E-state index in [1.807, 2.05) is 0 Å². The number of aliphatic hydroxyl groups is 1. The van der Waals surface area contributed by atoms with Crippen LogP contribution in [-0.4, -0.2) is 45.8 Å². The van der Waals surface area contributed by atoms with E-state index in [1.165, 1.54) is 12.1 Å². The van der Waals surface area contributed by atoms with Crippen LogP contribution in [0, 0.1) is 0 Å². The lowest BCUT2D eigenvalue weighted by Crippen LogP contribution is -2.35. The van der Waals surface area contributed by atoms with Crippen molar-refractivity contribution in [2.24, 2.45) is 0 Å². The molecule has 1 aromatic carbocycles. The first-order valence-electron chi connectivity index (χ1n) is 11.9. The lowest BCUT2D eigenvalue weighted by atomic mass is 9.99. The molecule has 0 radical (unpaired) electrons. The zero-order chi connectivity index (χ0) is 23.6. The van der Waals surface area contributed by atoms with Crippen LogP contribution in [0.5, 0.6) is 0 Å². The average molecular weight is 450 g/mol. The highest BCUT2D eigenvalue weighted by molar-refractivity contribution is 5.87. The SMILES string of the molecule is O=C(O)CCCCCCCC(CCCCCCCO)NC(=O)Cc1ccc(C(=O)O)cc1. The first-order valence-corrected chi connectivity index (χ1v) is 11.9. The van der Waals surface area contributed by atoms with Gasteiger partial charge in [0.25, 0.3) is 0 Å². The molecule has 0 aliphatic heterocycles. The number of benzene rings is 1. The molecule has 4 N–H and O–H groups in total. The Kier molecular flexibility index (Phi) is 14.8. The maximum absolute atomic E-state index is 12.5. The Balaban J connectivity index is 2.42. The molecule has 0 saturated heterocycles. The second kappa shape index (κ2) is 17.2. The average Bonchev–Trinajstić information content (AvgIpc) is 2.75. The van der Waals surface area contributed by atoms with E-state index in [0.29, 0.717) is 6.42 Å². The maximum Gasteiger partial charge on any atom is 0.335 e. The zero-order valence-electron chi connectivity index (χ0n) is 19.1. The van der Waals surface area contributed by atoms with Gasteiger partial charge in [-0.15, -0.1) is 0 Å². The van der Waals surface area contributed by atoms with Gasteiger partial charge >= 0.3 is 11.9 Å². The number of carboxylic acid groups (broad SMARTS) is 2. The normalized spacial score (nSPS) is 11.8. The fourth-order valence-corrected chi connectivity index (χ4v) is 3.75. The number of nitrogens with one attached hydrogen (secondary N) is 1. The van der Waals surface area contributed by atoms with E-state index in [0.717, 1.165) is 76.2 Å². The highest BCUT2D eigenvalue weighted by Gasteiger charge is 2.13. The Bertz CT molecular complexity index is 674. The molecular formula is C25H39NO6. The Labute approximate surface area is 191 Å². The Morgan fingerprint density at radius 1 is 0.750 bits per heavy atom. The molecule has 1 unspecified atom stereocenters. The molecule has 1 amide bonds. The number of amides is 1. The van der Waals surface area contributed by atoms with Gasteiger partial charge in [-0.25, -0.2) is 4.79 Å². The zero-order valence-corrected chi connectivity index (χ0v) is 19.1. The molecule has 32 heavy (non-hydrogen) atoms. The number of unbranched alkanes of at least 4 members (excludes halogenated alkanes) is 8. The van der Waals surface area contributed by atoms with Gasteiger partial charge in [0.1, 0.15) is 0 Å². The van der Waals surface area contributed by atoms with Crippen molar-refractivity contribution < 1.29 is 29.7 Å². The molecule has 7 nitrogen and oxygen atoms in total. The van der Waals surface area contributed by atoms with Crippen LogP contribution in [0.15, 0.2) is 24.3 Å². The number of hydrogen-bond donors (Lipinski definition) is 4. The summed E-state index contributed by atoms with van der Waals surface area (Å²) in [7, 11) is 0. The van der Waals surface area contributed by atoms with Crippen molar-refractivity contribution in [1.29, 1.82) is 0 Å². The first-order chi connectivity index (χ1) is 15.4. The number of carboxylic acids is 2. The summed E-state index contributed by atoms with van der Waals surface area (Å²) >= 11 is 0. The van der Waals surface area contributed by atoms with E-state index >= 15 is 0 Å². The van der Waals surface area contributed by atoms with Crippen molar-refractivity contribution in [3.8, 4) is 0 Å². The maximum atomic E-state index is 12.5. The molecule has 1 atom stereocenters. The number of carbonyl (C=O) groups is 3. The summed E-state index contributed by atoms with van der Waals surface area (Å²) in [6.45, 7) is 0.235. The topological polar surface area (TPSA) is 124 Å². The predicted octanol–water partition coefficient (Wildman–Crippen LogP) is 4.56. The molecule has 1 aromatic rings. The highest BCUT2D eigenvalue weighted by atomic mass is 16.4. The van der Waals surface area contributed by atoms with Gasteiger partial charge in [0.15, 0.2) is 0 Å². The van der Waals surface area contributed by atoms with Crippen LogP contribution in [0.1, 0.15) is 99.4 Å². The molecule has 180 valence electrons. The van der Waals surface area contributed by atoms with Crippen LogP contribution in [0.4, 0.5) is 0 Å². The van der Waals surface area contributed by atoms with Gasteiger partial charge in [-0.3, -0.25) is 9.59 Å². The number of hydrogen-bond acceptors (Lipinski definition) is 4. The van der Waals surface area contributed by atoms with Gasteiger partial charge in [0, 0.05) is 19.1 Å². The summed E-state index contributed by atoms with van der Waals surface area (Å²) in [4.78, 5) is 34.1. The van der Waals surface area contributed by atoms with E-state index in [1.54, 1.807) is 12.1 Å². The summed E-state index contributed by atoms with van der Waals surface area (Å²) in [6, 6.07) is 6.49. The van der Waals surface area contributed by atoms with Crippen molar-refractivity contribution in [3.05, 3.63) is 35.4 Å². The summed E-state index contributed by atoms with van der Waals surface area (Å²) in [5.41, 5.74) is 0.991.